The summed E-state index contributed by atoms with van der Waals surface area (Å²) in [7, 11) is 0. The second kappa shape index (κ2) is 5.43. The Morgan fingerprint density at radius 3 is 3.21 bits per heavy atom. The molecule has 5 heteroatoms. The van der Waals surface area contributed by atoms with E-state index >= 15 is 0 Å². The summed E-state index contributed by atoms with van der Waals surface area (Å²) in [6.07, 6.45) is 5.42. The zero-order chi connectivity index (χ0) is 13.2. The Kier molecular flexibility index (Phi) is 3.66. The van der Waals surface area contributed by atoms with Crippen LogP contribution in [-0.4, -0.2) is 15.2 Å². The van der Waals surface area contributed by atoms with Gasteiger partial charge in [0, 0.05) is 11.3 Å². The van der Waals surface area contributed by atoms with Crippen LogP contribution in [0.3, 0.4) is 0 Å². The molecule has 0 fully saturated rings. The Bertz CT molecular complexity index is 546. The monoisotopic (exact) mass is 277 g/mol. The fourth-order valence-electron chi connectivity index (χ4n) is 2.43. The predicted octanol–water partition coefficient (Wildman–Crippen LogP) is 3.58. The van der Waals surface area contributed by atoms with Gasteiger partial charge in [-0.25, -0.2) is 4.98 Å². The Morgan fingerprint density at radius 2 is 2.42 bits per heavy atom. The molecule has 1 aliphatic carbocycles. The van der Waals surface area contributed by atoms with Crippen molar-refractivity contribution >= 4 is 11.3 Å². The maximum Gasteiger partial charge on any atom is 0.0997 e. The van der Waals surface area contributed by atoms with Crippen LogP contribution >= 0.6 is 11.3 Å². The molecular formula is C14H19N3OS. The first kappa shape index (κ1) is 12.8. The van der Waals surface area contributed by atoms with Crippen LogP contribution in [0, 0.1) is 0 Å². The van der Waals surface area contributed by atoms with Crippen molar-refractivity contribution < 1.29 is 4.74 Å². The van der Waals surface area contributed by atoms with Crippen molar-refractivity contribution in [2.24, 2.45) is 0 Å². The highest BCUT2D eigenvalue weighted by Gasteiger charge is 2.22. The Morgan fingerprint density at radius 1 is 1.53 bits per heavy atom. The molecule has 1 atom stereocenters. The van der Waals surface area contributed by atoms with Crippen molar-refractivity contribution in [3.63, 3.8) is 0 Å². The lowest BCUT2D eigenvalue weighted by atomic mass is 9.96. The first-order chi connectivity index (χ1) is 9.24. The smallest absolute Gasteiger partial charge is 0.0997 e. The van der Waals surface area contributed by atoms with E-state index in [4.69, 9.17) is 4.74 Å². The highest BCUT2D eigenvalue weighted by atomic mass is 32.1. The fraction of sp³-hybridized carbons (Fsp3) is 0.571. The standard InChI is InChI=1S/C14H19N3OS/c1-9(2)14-16-11(8-19-14)7-18-12-5-3-4-10-6-15-17-13(10)12/h6,8-9,12H,3-5,7H2,1-2H3,(H,15,17). The average molecular weight is 277 g/mol. The molecule has 0 amide bonds. The van der Waals surface area contributed by atoms with Gasteiger partial charge in [0.25, 0.3) is 0 Å². The molecule has 2 aromatic heterocycles. The molecule has 0 bridgehead atoms. The summed E-state index contributed by atoms with van der Waals surface area (Å²) >= 11 is 1.72. The summed E-state index contributed by atoms with van der Waals surface area (Å²) in [5.74, 6) is 0.493. The Labute approximate surface area is 117 Å². The van der Waals surface area contributed by atoms with Gasteiger partial charge in [-0.05, 0) is 24.8 Å². The van der Waals surface area contributed by atoms with E-state index in [2.05, 4.69) is 34.4 Å². The number of nitrogens with one attached hydrogen (secondary N) is 1. The zero-order valence-electron chi connectivity index (χ0n) is 11.3. The van der Waals surface area contributed by atoms with Gasteiger partial charge < -0.3 is 4.74 Å². The number of fused-ring (bicyclic) bond motifs is 1. The summed E-state index contributed by atoms with van der Waals surface area (Å²) < 4.78 is 6.02. The minimum atomic E-state index is 0.149. The number of aromatic nitrogens is 3. The van der Waals surface area contributed by atoms with Gasteiger partial charge >= 0.3 is 0 Å². The van der Waals surface area contributed by atoms with Crippen molar-refractivity contribution in [3.05, 3.63) is 33.5 Å². The van der Waals surface area contributed by atoms with E-state index in [9.17, 15) is 0 Å². The molecule has 0 spiro atoms. The lowest BCUT2D eigenvalue weighted by molar-refractivity contribution is 0.0239. The largest absolute Gasteiger partial charge is 0.366 e. The predicted molar refractivity (Wildman–Crippen MR) is 75.3 cm³/mol. The van der Waals surface area contributed by atoms with Gasteiger partial charge in [-0.3, -0.25) is 5.10 Å². The first-order valence-corrected chi connectivity index (χ1v) is 7.70. The number of rotatable bonds is 4. The van der Waals surface area contributed by atoms with Crippen LogP contribution in [0.5, 0.6) is 0 Å². The number of aryl methyl sites for hydroxylation is 1. The quantitative estimate of drug-likeness (QED) is 0.929. The second-order valence-corrected chi connectivity index (χ2v) is 6.22. The molecule has 4 nitrogen and oxygen atoms in total. The van der Waals surface area contributed by atoms with Gasteiger partial charge in [-0.2, -0.15) is 5.10 Å². The highest BCUT2D eigenvalue weighted by molar-refractivity contribution is 7.09. The minimum Gasteiger partial charge on any atom is -0.366 e. The summed E-state index contributed by atoms with van der Waals surface area (Å²) in [6.45, 7) is 4.93. The molecule has 19 heavy (non-hydrogen) atoms. The van der Waals surface area contributed by atoms with Gasteiger partial charge in [0.05, 0.1) is 35.3 Å². The Hall–Kier alpha value is -1.20. The van der Waals surface area contributed by atoms with E-state index in [1.807, 2.05) is 6.20 Å². The van der Waals surface area contributed by atoms with Gasteiger partial charge in [-0.1, -0.05) is 13.8 Å². The summed E-state index contributed by atoms with van der Waals surface area (Å²) in [5.41, 5.74) is 3.50. The molecule has 0 radical (unpaired) electrons. The van der Waals surface area contributed by atoms with E-state index in [0.29, 0.717) is 12.5 Å². The van der Waals surface area contributed by atoms with Crippen LogP contribution in [0.2, 0.25) is 0 Å². The first-order valence-electron chi connectivity index (χ1n) is 6.82. The number of nitrogens with zero attached hydrogens (tertiary/aromatic N) is 2. The molecule has 102 valence electrons. The lowest BCUT2D eigenvalue weighted by Gasteiger charge is -2.21. The van der Waals surface area contributed by atoms with Crippen molar-refractivity contribution in [1.29, 1.82) is 0 Å². The van der Waals surface area contributed by atoms with Crippen LogP contribution in [0.15, 0.2) is 11.6 Å². The molecule has 2 heterocycles. The van der Waals surface area contributed by atoms with Crippen LogP contribution < -0.4 is 0 Å². The van der Waals surface area contributed by atoms with E-state index in [1.165, 1.54) is 17.0 Å². The van der Waals surface area contributed by atoms with Crippen LogP contribution in [0.4, 0.5) is 0 Å². The highest BCUT2D eigenvalue weighted by Crippen LogP contribution is 2.31. The third kappa shape index (κ3) is 2.72. The number of ether oxygens (including phenoxy) is 1. The van der Waals surface area contributed by atoms with Crippen molar-refractivity contribution in [2.75, 3.05) is 0 Å². The summed E-state index contributed by atoms with van der Waals surface area (Å²) in [4.78, 5) is 4.61. The summed E-state index contributed by atoms with van der Waals surface area (Å²) in [5, 5.41) is 10.5. The SMILES string of the molecule is CC(C)c1nc(COC2CCCc3cn[nH]c32)cs1. The molecule has 1 unspecified atom stereocenters. The molecule has 1 N–H and O–H groups in total. The number of thiazole rings is 1. The molecule has 2 aromatic rings. The van der Waals surface area contributed by atoms with E-state index in [-0.39, 0.29) is 6.10 Å². The topological polar surface area (TPSA) is 50.8 Å². The third-order valence-corrected chi connectivity index (χ3v) is 4.68. The maximum atomic E-state index is 6.02. The van der Waals surface area contributed by atoms with Crippen molar-refractivity contribution in [3.8, 4) is 0 Å². The van der Waals surface area contributed by atoms with Gasteiger partial charge in [0.2, 0.25) is 0 Å². The summed E-state index contributed by atoms with van der Waals surface area (Å²) in [6, 6.07) is 0. The maximum absolute atomic E-state index is 6.02. The van der Waals surface area contributed by atoms with Gasteiger partial charge in [-0.15, -0.1) is 11.3 Å². The number of hydrogen-bond acceptors (Lipinski definition) is 4. The lowest BCUT2D eigenvalue weighted by Crippen LogP contribution is -2.12. The fourth-order valence-corrected chi connectivity index (χ4v) is 3.25. The van der Waals surface area contributed by atoms with Gasteiger partial charge in [0.1, 0.15) is 0 Å². The number of hydrogen-bond donors (Lipinski definition) is 1. The molecule has 3 rings (SSSR count). The normalized spacial score (nSPS) is 18.8. The van der Waals surface area contributed by atoms with E-state index in [0.717, 1.165) is 24.2 Å². The Balaban J connectivity index is 1.64. The van der Waals surface area contributed by atoms with E-state index < -0.39 is 0 Å². The molecule has 0 aromatic carbocycles. The second-order valence-electron chi connectivity index (χ2n) is 5.33. The molecular weight excluding hydrogens is 258 g/mol. The van der Waals surface area contributed by atoms with Crippen molar-refractivity contribution in [1.82, 2.24) is 15.2 Å². The number of H-pyrrole nitrogens is 1. The minimum absolute atomic E-state index is 0.149. The molecule has 0 saturated carbocycles. The molecule has 0 aliphatic heterocycles. The number of aromatic amines is 1. The van der Waals surface area contributed by atoms with Gasteiger partial charge in [0.15, 0.2) is 0 Å². The molecule has 1 aliphatic rings. The zero-order valence-corrected chi connectivity index (χ0v) is 12.2. The van der Waals surface area contributed by atoms with Crippen molar-refractivity contribution in [2.45, 2.75) is 51.7 Å². The van der Waals surface area contributed by atoms with Crippen LogP contribution in [-0.2, 0) is 17.8 Å². The van der Waals surface area contributed by atoms with Crippen LogP contribution in [0.1, 0.15) is 60.7 Å². The van der Waals surface area contributed by atoms with Crippen LogP contribution in [0.25, 0.3) is 0 Å². The molecule has 0 saturated heterocycles. The third-order valence-electron chi connectivity index (χ3n) is 3.48. The average Bonchev–Trinajstić information content (AvgIpc) is 3.05. The van der Waals surface area contributed by atoms with E-state index in [1.54, 1.807) is 11.3 Å².